The molecule has 2 atom stereocenters. The Balaban J connectivity index is 0.000000321. The van der Waals surface area contributed by atoms with E-state index in [-0.39, 0.29) is 5.56 Å². The van der Waals surface area contributed by atoms with Gasteiger partial charge in [-0.2, -0.15) is 18.3 Å². The van der Waals surface area contributed by atoms with Crippen molar-refractivity contribution in [3.05, 3.63) is 22.4 Å². The van der Waals surface area contributed by atoms with E-state index < -0.39 is 12.1 Å². The minimum absolute atomic E-state index is 0.116. The van der Waals surface area contributed by atoms with Gasteiger partial charge < -0.3 is 15.4 Å². The summed E-state index contributed by atoms with van der Waals surface area (Å²) in [4.78, 5) is 28.1. The third-order valence-electron chi connectivity index (χ3n) is 4.42. The highest BCUT2D eigenvalue weighted by Crippen LogP contribution is 2.29. The van der Waals surface area contributed by atoms with Crippen molar-refractivity contribution in [1.82, 2.24) is 25.1 Å². The van der Waals surface area contributed by atoms with Crippen LogP contribution in [0.2, 0.25) is 0 Å². The Bertz CT molecular complexity index is 846. The predicted octanol–water partition coefficient (Wildman–Crippen LogP) is 1.82. The zero-order valence-corrected chi connectivity index (χ0v) is 15.0. The summed E-state index contributed by atoms with van der Waals surface area (Å²) >= 11 is 0. The van der Waals surface area contributed by atoms with Gasteiger partial charge in [-0.15, -0.1) is 0 Å². The summed E-state index contributed by atoms with van der Waals surface area (Å²) in [5.41, 5.74) is 0.523. The molecule has 0 bridgehead atoms. The maximum atomic E-state index is 11.9. The van der Waals surface area contributed by atoms with Gasteiger partial charge >= 0.3 is 12.1 Å². The maximum absolute atomic E-state index is 11.9. The fraction of sp³-hybridized carbons (Fsp3) is 0.625. The number of hydrogen-bond acceptors (Lipinski definition) is 5. The van der Waals surface area contributed by atoms with E-state index >= 15 is 0 Å². The van der Waals surface area contributed by atoms with Crippen LogP contribution in [0.4, 0.5) is 13.2 Å². The van der Waals surface area contributed by atoms with Crippen LogP contribution in [-0.4, -0.2) is 43.5 Å². The average molecular weight is 389 g/mol. The van der Waals surface area contributed by atoms with E-state index in [1.165, 1.54) is 19.3 Å². The smallest absolute Gasteiger partial charge is 0.475 e. The molecule has 0 radical (unpaired) electrons. The van der Waals surface area contributed by atoms with Gasteiger partial charge in [0, 0.05) is 7.05 Å². The summed E-state index contributed by atoms with van der Waals surface area (Å²) in [6, 6.07) is 0. The summed E-state index contributed by atoms with van der Waals surface area (Å²) < 4.78 is 33.4. The van der Waals surface area contributed by atoms with E-state index in [1.807, 2.05) is 0 Å². The molecule has 2 aromatic heterocycles. The van der Waals surface area contributed by atoms with Crippen LogP contribution in [0.5, 0.6) is 0 Å². The number of hydrogen-bond donors (Lipinski definition) is 3. The van der Waals surface area contributed by atoms with E-state index in [4.69, 9.17) is 9.90 Å². The van der Waals surface area contributed by atoms with Crippen molar-refractivity contribution >= 4 is 17.0 Å². The van der Waals surface area contributed by atoms with Gasteiger partial charge in [0.25, 0.3) is 5.56 Å². The van der Waals surface area contributed by atoms with Crippen molar-refractivity contribution < 1.29 is 23.1 Å². The van der Waals surface area contributed by atoms with Crippen LogP contribution in [0.1, 0.15) is 32.0 Å². The molecule has 11 heteroatoms. The van der Waals surface area contributed by atoms with Gasteiger partial charge in [0.1, 0.15) is 11.2 Å². The van der Waals surface area contributed by atoms with E-state index in [1.54, 1.807) is 17.9 Å². The predicted molar refractivity (Wildman–Crippen MR) is 91.0 cm³/mol. The van der Waals surface area contributed by atoms with Crippen molar-refractivity contribution in [1.29, 1.82) is 0 Å². The van der Waals surface area contributed by atoms with Gasteiger partial charge in [-0.3, -0.25) is 9.48 Å². The maximum Gasteiger partial charge on any atom is 0.490 e. The SMILES string of the molecule is CC1CCC(CNCc2nc3c(cnn3C)c(=O)[nH]2)C1.O=C(O)C(F)(F)F. The monoisotopic (exact) mass is 389 g/mol. The second-order valence-electron chi connectivity index (χ2n) is 6.74. The molecule has 1 aliphatic carbocycles. The molecule has 1 fully saturated rings. The Morgan fingerprint density at radius 1 is 1.44 bits per heavy atom. The number of nitrogens with zero attached hydrogens (tertiary/aromatic N) is 3. The Kier molecular flexibility index (Phi) is 6.58. The molecule has 0 spiro atoms. The molecule has 1 aliphatic rings. The highest BCUT2D eigenvalue weighted by atomic mass is 19.4. The quantitative estimate of drug-likeness (QED) is 0.735. The number of aryl methyl sites for hydroxylation is 1. The van der Waals surface area contributed by atoms with Crippen LogP contribution in [0.25, 0.3) is 11.0 Å². The highest BCUT2D eigenvalue weighted by Gasteiger charge is 2.38. The molecule has 0 amide bonds. The molecule has 3 rings (SSSR count). The van der Waals surface area contributed by atoms with Crippen LogP contribution in [0.3, 0.4) is 0 Å². The standard InChI is InChI=1S/C14H21N5O.C2HF3O2/c1-9-3-4-10(5-9)6-15-8-12-17-13-11(14(20)18-12)7-16-19(13)2;3-2(4,5)1(6)7/h7,9-10,15H,3-6,8H2,1-2H3,(H,17,18,20);(H,6,7). The first-order chi connectivity index (χ1) is 12.6. The third-order valence-corrected chi connectivity index (χ3v) is 4.42. The fourth-order valence-corrected chi connectivity index (χ4v) is 3.07. The first kappa shape index (κ1) is 20.9. The molecule has 0 aliphatic heterocycles. The average Bonchev–Trinajstić information content (AvgIpc) is 3.14. The number of halogens is 3. The van der Waals surface area contributed by atoms with Crippen molar-refractivity contribution in [3.8, 4) is 0 Å². The fourth-order valence-electron chi connectivity index (χ4n) is 3.07. The van der Waals surface area contributed by atoms with Crippen LogP contribution in [-0.2, 0) is 18.4 Å². The van der Waals surface area contributed by atoms with Crippen LogP contribution < -0.4 is 10.9 Å². The van der Waals surface area contributed by atoms with Crippen LogP contribution >= 0.6 is 0 Å². The van der Waals surface area contributed by atoms with E-state index in [0.29, 0.717) is 23.4 Å². The number of carboxylic acids is 1. The lowest BCUT2D eigenvalue weighted by molar-refractivity contribution is -0.192. The summed E-state index contributed by atoms with van der Waals surface area (Å²) in [5, 5.41) is 15.1. The number of aliphatic carboxylic acids is 1. The zero-order valence-electron chi connectivity index (χ0n) is 15.0. The largest absolute Gasteiger partial charge is 0.490 e. The van der Waals surface area contributed by atoms with Gasteiger partial charge in [0.05, 0.1) is 12.7 Å². The minimum atomic E-state index is -5.08. The molecule has 27 heavy (non-hydrogen) atoms. The number of nitrogens with one attached hydrogen (secondary N) is 2. The van der Waals surface area contributed by atoms with Gasteiger partial charge in [-0.1, -0.05) is 13.3 Å². The summed E-state index contributed by atoms with van der Waals surface area (Å²) in [6.07, 6.45) is 0.414. The number of carbonyl (C=O) groups is 1. The lowest BCUT2D eigenvalue weighted by Crippen LogP contribution is -2.24. The normalized spacial score (nSPS) is 19.7. The number of H-pyrrole nitrogens is 1. The molecule has 1 saturated carbocycles. The molecule has 3 N–H and O–H groups in total. The number of aromatic nitrogens is 4. The summed E-state index contributed by atoms with van der Waals surface area (Å²) in [6.45, 7) is 3.91. The Morgan fingerprint density at radius 3 is 2.67 bits per heavy atom. The lowest BCUT2D eigenvalue weighted by Gasteiger charge is -2.10. The topological polar surface area (TPSA) is 113 Å². The van der Waals surface area contributed by atoms with E-state index in [9.17, 15) is 18.0 Å². The van der Waals surface area contributed by atoms with Gasteiger partial charge in [0.15, 0.2) is 5.65 Å². The number of alkyl halides is 3. The molecule has 2 heterocycles. The Labute approximate surface area is 152 Å². The van der Waals surface area contributed by atoms with Crippen LogP contribution in [0, 0.1) is 11.8 Å². The van der Waals surface area contributed by atoms with Crippen molar-refractivity contribution in [3.63, 3.8) is 0 Å². The summed E-state index contributed by atoms with van der Waals surface area (Å²) in [5.74, 6) is -0.465. The van der Waals surface area contributed by atoms with E-state index in [2.05, 4.69) is 27.3 Å². The van der Waals surface area contributed by atoms with Gasteiger partial charge in [-0.05, 0) is 31.2 Å². The molecular formula is C16H22F3N5O3. The second-order valence-corrected chi connectivity index (χ2v) is 6.74. The Morgan fingerprint density at radius 2 is 2.11 bits per heavy atom. The zero-order chi connectivity index (χ0) is 20.2. The molecular weight excluding hydrogens is 367 g/mol. The van der Waals surface area contributed by atoms with Crippen molar-refractivity contribution in [2.45, 2.75) is 38.9 Å². The minimum Gasteiger partial charge on any atom is -0.475 e. The molecule has 0 aromatic carbocycles. The molecule has 150 valence electrons. The van der Waals surface area contributed by atoms with Crippen molar-refractivity contribution in [2.75, 3.05) is 6.54 Å². The molecule has 8 nitrogen and oxygen atoms in total. The number of carboxylic acid groups (broad SMARTS) is 1. The molecule has 2 unspecified atom stereocenters. The molecule has 0 saturated heterocycles. The second kappa shape index (κ2) is 8.51. The third kappa shape index (κ3) is 5.78. The van der Waals surface area contributed by atoms with Crippen LogP contribution in [0.15, 0.2) is 11.0 Å². The number of fused-ring (bicyclic) bond motifs is 1. The Hall–Kier alpha value is -2.43. The van der Waals surface area contributed by atoms with Gasteiger partial charge in [-0.25, -0.2) is 9.78 Å². The number of aromatic amines is 1. The summed E-state index contributed by atoms with van der Waals surface area (Å²) in [7, 11) is 1.80. The lowest BCUT2D eigenvalue weighted by atomic mass is 10.1. The van der Waals surface area contributed by atoms with Gasteiger partial charge in [0.2, 0.25) is 0 Å². The molecule has 2 aromatic rings. The highest BCUT2D eigenvalue weighted by molar-refractivity contribution is 5.73. The first-order valence-corrected chi connectivity index (χ1v) is 8.49. The van der Waals surface area contributed by atoms with Crippen molar-refractivity contribution in [2.24, 2.45) is 18.9 Å². The first-order valence-electron chi connectivity index (χ1n) is 8.49. The number of rotatable bonds is 4. The van der Waals surface area contributed by atoms with E-state index in [0.717, 1.165) is 18.4 Å².